The number of carbonyl (C=O) groups is 1. The molecule has 0 aliphatic carbocycles. The van der Waals surface area contributed by atoms with Gasteiger partial charge in [-0.15, -0.1) is 0 Å². The van der Waals surface area contributed by atoms with E-state index in [2.05, 4.69) is 9.63 Å². The highest BCUT2D eigenvalue weighted by atomic mass is 31.2. The number of nitrogens with one attached hydrogen (secondary N) is 1. The van der Waals surface area contributed by atoms with Gasteiger partial charge in [-0.3, -0.25) is 9.13 Å². The molecule has 0 spiro atoms. The lowest BCUT2D eigenvalue weighted by atomic mass is 10.3. The van der Waals surface area contributed by atoms with Crippen LogP contribution in [-0.4, -0.2) is 39.8 Å². The molecule has 0 aliphatic heterocycles. The number of hydrogen-bond acceptors (Lipinski definition) is 4. The minimum absolute atomic E-state index is 0.00463. The van der Waals surface area contributed by atoms with Crippen LogP contribution >= 0.6 is 16.5 Å². The molecule has 3 N–H and O–H groups in total. The van der Waals surface area contributed by atoms with Crippen molar-refractivity contribution in [2.24, 2.45) is 0 Å². The maximum Gasteiger partial charge on any atom is 0.323 e. The summed E-state index contributed by atoms with van der Waals surface area (Å²) in [4.78, 5) is 28.3. The van der Waals surface area contributed by atoms with Crippen molar-refractivity contribution in [3.63, 3.8) is 0 Å². The molecule has 8 nitrogen and oxygen atoms in total. The minimum atomic E-state index is -3.20. The average Bonchev–Trinajstić information content (AvgIpc) is 2.13. The van der Waals surface area contributed by atoms with Gasteiger partial charge >= 0.3 is 22.5 Å². The average molecular weight is 304 g/mol. The van der Waals surface area contributed by atoms with E-state index in [-0.39, 0.29) is 18.1 Å². The first-order valence-corrected chi connectivity index (χ1v) is 7.77. The van der Waals surface area contributed by atoms with Crippen molar-refractivity contribution in [2.45, 2.75) is 39.8 Å². The van der Waals surface area contributed by atoms with E-state index < -0.39 is 16.5 Å². The second-order valence-electron chi connectivity index (χ2n) is 3.94. The molecule has 10 heteroatoms. The van der Waals surface area contributed by atoms with E-state index in [0.29, 0.717) is 0 Å². The van der Waals surface area contributed by atoms with Gasteiger partial charge in [0.15, 0.2) is 0 Å². The van der Waals surface area contributed by atoms with Crippen LogP contribution in [-0.2, 0) is 13.4 Å². The minimum Gasteiger partial charge on any atom is -0.336 e. The van der Waals surface area contributed by atoms with Crippen molar-refractivity contribution in [3.8, 4) is 0 Å². The monoisotopic (exact) mass is 304 g/mol. The number of carbonyl (C=O) groups excluding carboxylic acids is 1. The second-order valence-corrected chi connectivity index (χ2v) is 5.82. The molecule has 18 heavy (non-hydrogen) atoms. The summed E-state index contributed by atoms with van der Waals surface area (Å²) >= 11 is 0. The SMILES string of the molecule is CC(C)NC(=O)N(C)C(C)C.O=[PH](O)O[PH](=O)O. The molecule has 0 aromatic heterocycles. The number of rotatable bonds is 4. The van der Waals surface area contributed by atoms with E-state index in [0.717, 1.165) is 0 Å². The molecule has 0 heterocycles. The van der Waals surface area contributed by atoms with E-state index in [1.807, 2.05) is 27.7 Å². The van der Waals surface area contributed by atoms with Crippen molar-refractivity contribution in [3.05, 3.63) is 0 Å². The van der Waals surface area contributed by atoms with Gasteiger partial charge in [-0.05, 0) is 27.7 Å². The third-order valence-corrected chi connectivity index (χ3v) is 3.08. The number of hydrogen-bond donors (Lipinski definition) is 3. The topological polar surface area (TPSA) is 116 Å². The summed E-state index contributed by atoms with van der Waals surface area (Å²) in [6.07, 6.45) is 0. The van der Waals surface area contributed by atoms with E-state index in [4.69, 9.17) is 9.79 Å². The van der Waals surface area contributed by atoms with E-state index in [1.165, 1.54) is 0 Å². The highest BCUT2D eigenvalue weighted by Gasteiger charge is 2.11. The number of urea groups is 1. The van der Waals surface area contributed by atoms with Crippen molar-refractivity contribution in [1.29, 1.82) is 0 Å². The van der Waals surface area contributed by atoms with Crippen molar-refractivity contribution < 1.29 is 28.0 Å². The molecule has 0 radical (unpaired) electrons. The lowest BCUT2D eigenvalue weighted by Crippen LogP contribution is -2.43. The third kappa shape index (κ3) is 13.7. The van der Waals surface area contributed by atoms with Crippen molar-refractivity contribution in [1.82, 2.24) is 10.2 Å². The Hall–Kier alpha value is -0.390. The molecule has 0 aromatic carbocycles. The number of nitrogens with zero attached hydrogens (tertiary/aromatic N) is 1. The normalized spacial score (nSPS) is 13.6. The summed E-state index contributed by atoms with van der Waals surface area (Å²) in [7, 11) is -4.61. The van der Waals surface area contributed by atoms with Gasteiger partial charge in [0.1, 0.15) is 0 Å². The Labute approximate surface area is 108 Å². The molecule has 0 aliphatic rings. The predicted molar refractivity (Wildman–Crippen MR) is 70.1 cm³/mol. The maximum absolute atomic E-state index is 11.2. The van der Waals surface area contributed by atoms with Gasteiger partial charge in [-0.1, -0.05) is 0 Å². The maximum atomic E-state index is 11.2. The van der Waals surface area contributed by atoms with Crippen LogP contribution in [0.2, 0.25) is 0 Å². The van der Waals surface area contributed by atoms with Gasteiger partial charge in [0.05, 0.1) is 0 Å². The van der Waals surface area contributed by atoms with Crippen molar-refractivity contribution >= 4 is 22.5 Å². The smallest absolute Gasteiger partial charge is 0.323 e. The van der Waals surface area contributed by atoms with E-state index >= 15 is 0 Å². The fourth-order valence-corrected chi connectivity index (χ4v) is 1.26. The lowest BCUT2D eigenvalue weighted by molar-refractivity contribution is 0.195. The van der Waals surface area contributed by atoms with Crippen LogP contribution < -0.4 is 5.32 Å². The molecular weight excluding hydrogens is 282 g/mol. The molecule has 0 rings (SSSR count). The molecule has 0 fully saturated rings. The van der Waals surface area contributed by atoms with Gasteiger partial charge in [-0.25, -0.2) is 9.11 Å². The van der Waals surface area contributed by atoms with Gasteiger partial charge in [-0.2, -0.15) is 0 Å². The Morgan fingerprint density at radius 3 is 1.72 bits per heavy atom. The number of amides is 2. The molecule has 2 unspecified atom stereocenters. The highest BCUT2D eigenvalue weighted by Crippen LogP contribution is 2.30. The molecule has 110 valence electrons. The molecule has 0 aromatic rings. The zero-order valence-electron chi connectivity index (χ0n) is 11.1. The van der Waals surface area contributed by atoms with Crippen LogP contribution in [0, 0.1) is 0 Å². The van der Waals surface area contributed by atoms with Gasteiger partial charge in [0.2, 0.25) is 0 Å². The Kier molecular flexibility index (Phi) is 11.7. The summed E-state index contributed by atoms with van der Waals surface area (Å²) in [5, 5.41) is 2.81. The van der Waals surface area contributed by atoms with Crippen LogP contribution in [0.5, 0.6) is 0 Å². The van der Waals surface area contributed by atoms with Gasteiger partial charge in [0, 0.05) is 19.1 Å². The Morgan fingerprint density at radius 1 is 1.17 bits per heavy atom. The standard InChI is InChI=1S/C8H18N2O.H4O5P2/c1-6(2)9-8(11)10(5)7(3)4;1-6(2)5-7(3)4/h6-7H,1-5H3,(H,9,11);6-7H,(H,1,2)(H,3,4). The molecule has 2 atom stereocenters. The van der Waals surface area contributed by atoms with E-state index in [9.17, 15) is 13.9 Å². The molecule has 2 amide bonds. The van der Waals surface area contributed by atoms with Crippen LogP contribution in [0.3, 0.4) is 0 Å². The molecule has 0 saturated heterocycles. The third-order valence-electron chi connectivity index (χ3n) is 1.68. The van der Waals surface area contributed by atoms with Crippen LogP contribution in [0.15, 0.2) is 0 Å². The zero-order valence-corrected chi connectivity index (χ0v) is 13.1. The van der Waals surface area contributed by atoms with E-state index in [1.54, 1.807) is 11.9 Å². The molecular formula is C8H22N2O6P2. The van der Waals surface area contributed by atoms with Gasteiger partial charge in [0.25, 0.3) is 0 Å². The zero-order chi connectivity index (χ0) is 14.9. The van der Waals surface area contributed by atoms with Crippen LogP contribution in [0.25, 0.3) is 0 Å². The fourth-order valence-electron chi connectivity index (χ4n) is 0.658. The highest BCUT2D eigenvalue weighted by molar-refractivity contribution is 7.46. The first kappa shape index (κ1) is 19.9. The summed E-state index contributed by atoms with van der Waals surface area (Å²) < 4.78 is 22.3. The van der Waals surface area contributed by atoms with Crippen molar-refractivity contribution in [2.75, 3.05) is 7.05 Å². The Bertz CT molecular complexity index is 285. The summed E-state index contributed by atoms with van der Waals surface area (Å²) in [5.74, 6) is 0. The van der Waals surface area contributed by atoms with Gasteiger partial charge < -0.3 is 20.0 Å². The first-order valence-electron chi connectivity index (χ1n) is 5.24. The Balaban J connectivity index is 0. The summed E-state index contributed by atoms with van der Waals surface area (Å²) in [6, 6.07) is 0.465. The summed E-state index contributed by atoms with van der Waals surface area (Å²) in [6.45, 7) is 7.87. The largest absolute Gasteiger partial charge is 0.336 e. The predicted octanol–water partition coefficient (Wildman–Crippen LogP) is 1.21. The second kappa shape index (κ2) is 10.5. The molecule has 0 saturated carbocycles. The lowest BCUT2D eigenvalue weighted by Gasteiger charge is -2.23. The van der Waals surface area contributed by atoms with Crippen LogP contribution in [0.1, 0.15) is 27.7 Å². The fraction of sp³-hybridized carbons (Fsp3) is 0.875. The first-order chi connectivity index (χ1) is 8.07. The van der Waals surface area contributed by atoms with Crippen LogP contribution in [0.4, 0.5) is 4.79 Å². The molecule has 0 bridgehead atoms. The quantitative estimate of drug-likeness (QED) is 0.672. The Morgan fingerprint density at radius 2 is 1.56 bits per heavy atom. The summed E-state index contributed by atoms with van der Waals surface area (Å²) in [5.41, 5.74) is 0.